The maximum atomic E-state index is 12.7. The molecule has 1 amide bonds. The number of anilines is 1. The van der Waals surface area contributed by atoms with Crippen LogP contribution in [0.3, 0.4) is 0 Å². The summed E-state index contributed by atoms with van der Waals surface area (Å²) in [5.74, 6) is 2.16. The monoisotopic (exact) mass is 470 g/mol. The van der Waals surface area contributed by atoms with E-state index >= 15 is 0 Å². The fraction of sp³-hybridized carbons (Fsp3) is 0.333. The molecule has 0 radical (unpaired) electrons. The van der Waals surface area contributed by atoms with Gasteiger partial charge in [0.1, 0.15) is 17.4 Å². The Balaban J connectivity index is 1.28. The van der Waals surface area contributed by atoms with Gasteiger partial charge < -0.3 is 15.4 Å². The summed E-state index contributed by atoms with van der Waals surface area (Å²) in [6.45, 7) is 3.91. The van der Waals surface area contributed by atoms with Crippen molar-refractivity contribution >= 4 is 22.8 Å². The van der Waals surface area contributed by atoms with E-state index in [4.69, 9.17) is 19.8 Å². The maximum absolute atomic E-state index is 12.7. The number of nitrogens with zero attached hydrogens (tertiary/aromatic N) is 4. The second-order valence-corrected chi connectivity index (χ2v) is 9.05. The quantitative estimate of drug-likeness (QED) is 0.428. The molecular weight excluding hydrogens is 440 g/mol. The summed E-state index contributed by atoms with van der Waals surface area (Å²) >= 11 is 0. The Morgan fingerprint density at radius 3 is 2.46 bits per heavy atom. The molecule has 0 unspecified atom stereocenters. The first-order chi connectivity index (χ1) is 17.0. The van der Waals surface area contributed by atoms with Crippen molar-refractivity contribution in [3.05, 3.63) is 71.7 Å². The number of hydrogen-bond donors (Lipinski definition) is 2. The average molecular weight is 471 g/mol. The fourth-order valence-corrected chi connectivity index (χ4v) is 4.75. The Morgan fingerprint density at radius 2 is 1.71 bits per heavy atom. The molecule has 0 atom stereocenters. The number of aromatic nitrogens is 4. The van der Waals surface area contributed by atoms with Crippen LogP contribution in [0.5, 0.6) is 5.75 Å². The van der Waals surface area contributed by atoms with Crippen LogP contribution >= 0.6 is 0 Å². The SMILES string of the molecule is COc1cccc(C(=O)NC2CCC(Nc3nc(C)nc4c3c(C)nn4-c3ccccc3)CC2)c1. The Labute approximate surface area is 204 Å². The predicted octanol–water partition coefficient (Wildman–Crippen LogP) is 4.59. The van der Waals surface area contributed by atoms with E-state index in [0.717, 1.165) is 53.9 Å². The number of methoxy groups -OCH3 is 1. The number of ether oxygens (including phenoxy) is 1. The number of carbonyl (C=O) groups excluding carboxylic acids is 1. The second kappa shape index (κ2) is 9.74. The normalized spacial score (nSPS) is 17.8. The molecule has 5 rings (SSSR count). The number of hydrogen-bond acceptors (Lipinski definition) is 6. The smallest absolute Gasteiger partial charge is 0.251 e. The van der Waals surface area contributed by atoms with Crippen LogP contribution in [0.2, 0.25) is 0 Å². The molecule has 0 bridgehead atoms. The Hall–Kier alpha value is -3.94. The first kappa shape index (κ1) is 22.8. The van der Waals surface area contributed by atoms with Crippen molar-refractivity contribution < 1.29 is 9.53 Å². The Morgan fingerprint density at radius 1 is 0.971 bits per heavy atom. The third-order valence-corrected chi connectivity index (χ3v) is 6.55. The molecule has 2 N–H and O–H groups in total. The minimum atomic E-state index is -0.0580. The lowest BCUT2D eigenvalue weighted by Crippen LogP contribution is -2.40. The zero-order valence-electron chi connectivity index (χ0n) is 20.3. The number of rotatable bonds is 6. The summed E-state index contributed by atoms with van der Waals surface area (Å²) < 4.78 is 7.12. The zero-order valence-corrected chi connectivity index (χ0v) is 20.3. The minimum Gasteiger partial charge on any atom is -0.497 e. The molecule has 2 aromatic heterocycles. The highest BCUT2D eigenvalue weighted by molar-refractivity contribution is 5.94. The lowest BCUT2D eigenvalue weighted by atomic mass is 9.91. The minimum absolute atomic E-state index is 0.0580. The molecule has 35 heavy (non-hydrogen) atoms. The van der Waals surface area contributed by atoms with E-state index in [9.17, 15) is 4.79 Å². The average Bonchev–Trinajstić information content (AvgIpc) is 3.21. The maximum Gasteiger partial charge on any atom is 0.251 e. The molecule has 1 aliphatic rings. The van der Waals surface area contributed by atoms with Crippen LogP contribution in [0.25, 0.3) is 16.7 Å². The fourth-order valence-electron chi connectivity index (χ4n) is 4.75. The van der Waals surface area contributed by atoms with Gasteiger partial charge in [0.05, 0.1) is 23.9 Å². The molecule has 4 aromatic rings. The first-order valence-electron chi connectivity index (χ1n) is 12.0. The van der Waals surface area contributed by atoms with Crippen LogP contribution in [-0.4, -0.2) is 44.8 Å². The van der Waals surface area contributed by atoms with Gasteiger partial charge in [-0.2, -0.15) is 5.10 Å². The van der Waals surface area contributed by atoms with Crippen molar-refractivity contribution in [1.29, 1.82) is 0 Å². The Kier molecular flexibility index (Phi) is 6.35. The van der Waals surface area contributed by atoms with Crippen molar-refractivity contribution in [2.45, 2.75) is 51.6 Å². The summed E-state index contributed by atoms with van der Waals surface area (Å²) in [6, 6.07) is 17.7. The predicted molar refractivity (Wildman–Crippen MR) is 136 cm³/mol. The molecule has 2 heterocycles. The number of fused-ring (bicyclic) bond motifs is 1. The van der Waals surface area contributed by atoms with Gasteiger partial charge in [0.25, 0.3) is 5.91 Å². The van der Waals surface area contributed by atoms with Gasteiger partial charge in [-0.1, -0.05) is 24.3 Å². The van der Waals surface area contributed by atoms with Crippen molar-refractivity contribution in [1.82, 2.24) is 25.1 Å². The Bertz CT molecular complexity index is 1340. The molecule has 1 aliphatic carbocycles. The number of benzene rings is 2. The number of nitrogens with one attached hydrogen (secondary N) is 2. The van der Waals surface area contributed by atoms with Crippen LogP contribution in [0.1, 0.15) is 47.6 Å². The van der Waals surface area contributed by atoms with Gasteiger partial charge in [-0.3, -0.25) is 4.79 Å². The first-order valence-corrected chi connectivity index (χ1v) is 12.0. The van der Waals surface area contributed by atoms with E-state index < -0.39 is 0 Å². The molecule has 8 nitrogen and oxygen atoms in total. The van der Waals surface area contributed by atoms with Crippen LogP contribution in [0.15, 0.2) is 54.6 Å². The van der Waals surface area contributed by atoms with E-state index in [2.05, 4.69) is 10.6 Å². The molecule has 0 aliphatic heterocycles. The largest absolute Gasteiger partial charge is 0.497 e. The molecule has 2 aromatic carbocycles. The highest BCUT2D eigenvalue weighted by Gasteiger charge is 2.25. The molecule has 180 valence electrons. The molecule has 1 fully saturated rings. The van der Waals surface area contributed by atoms with E-state index in [-0.39, 0.29) is 18.0 Å². The molecule has 8 heteroatoms. The standard InChI is InChI=1S/C27H30N6O2/c1-17-24-25(28-18(2)29-26(24)33(32-17)22-9-5-4-6-10-22)30-20-12-14-21(15-13-20)31-27(34)19-8-7-11-23(16-19)35-3/h4-11,16,20-21H,12-15H2,1-3H3,(H,31,34)(H,28,29,30). The third kappa shape index (κ3) is 4.82. The highest BCUT2D eigenvalue weighted by atomic mass is 16.5. The van der Waals surface area contributed by atoms with Gasteiger partial charge in [-0.25, -0.2) is 14.6 Å². The summed E-state index contributed by atoms with van der Waals surface area (Å²) in [5.41, 5.74) is 3.30. The van der Waals surface area contributed by atoms with Crippen LogP contribution in [-0.2, 0) is 0 Å². The zero-order chi connectivity index (χ0) is 24.4. The van der Waals surface area contributed by atoms with Gasteiger partial charge in [0.15, 0.2) is 5.65 Å². The summed E-state index contributed by atoms with van der Waals surface area (Å²) in [6.07, 6.45) is 3.70. The van der Waals surface area contributed by atoms with Gasteiger partial charge >= 0.3 is 0 Å². The summed E-state index contributed by atoms with van der Waals surface area (Å²) in [7, 11) is 1.60. The molecule has 0 saturated heterocycles. The van der Waals surface area contributed by atoms with Crippen LogP contribution < -0.4 is 15.4 Å². The van der Waals surface area contributed by atoms with Crippen molar-refractivity contribution in [3.63, 3.8) is 0 Å². The number of aryl methyl sites for hydroxylation is 2. The number of carbonyl (C=O) groups is 1. The summed E-state index contributed by atoms with van der Waals surface area (Å²) in [5, 5.41) is 12.5. The van der Waals surface area contributed by atoms with Crippen LogP contribution in [0, 0.1) is 13.8 Å². The van der Waals surface area contributed by atoms with Crippen molar-refractivity contribution in [2.24, 2.45) is 0 Å². The number of para-hydroxylation sites is 1. The topological polar surface area (TPSA) is 94.0 Å². The van der Waals surface area contributed by atoms with Crippen molar-refractivity contribution in [2.75, 3.05) is 12.4 Å². The molecule has 0 spiro atoms. The van der Waals surface area contributed by atoms with E-state index in [1.165, 1.54) is 0 Å². The van der Waals surface area contributed by atoms with E-state index in [1.807, 2.05) is 67.1 Å². The van der Waals surface area contributed by atoms with Gasteiger partial charge in [0.2, 0.25) is 0 Å². The highest BCUT2D eigenvalue weighted by Crippen LogP contribution is 2.29. The molecule has 1 saturated carbocycles. The van der Waals surface area contributed by atoms with E-state index in [1.54, 1.807) is 13.2 Å². The lowest BCUT2D eigenvalue weighted by molar-refractivity contribution is 0.0926. The van der Waals surface area contributed by atoms with Crippen LogP contribution in [0.4, 0.5) is 5.82 Å². The third-order valence-electron chi connectivity index (χ3n) is 6.55. The van der Waals surface area contributed by atoms with Gasteiger partial charge in [0, 0.05) is 17.6 Å². The van der Waals surface area contributed by atoms with Gasteiger partial charge in [-0.15, -0.1) is 0 Å². The van der Waals surface area contributed by atoms with Crippen molar-refractivity contribution in [3.8, 4) is 11.4 Å². The number of amides is 1. The van der Waals surface area contributed by atoms with Gasteiger partial charge in [-0.05, 0) is 69.9 Å². The molecular formula is C27H30N6O2. The summed E-state index contributed by atoms with van der Waals surface area (Å²) in [4.78, 5) is 22.1. The second-order valence-electron chi connectivity index (χ2n) is 9.05. The van der Waals surface area contributed by atoms with E-state index in [0.29, 0.717) is 17.1 Å². The lowest BCUT2D eigenvalue weighted by Gasteiger charge is -2.30.